The summed E-state index contributed by atoms with van der Waals surface area (Å²) >= 11 is 1.64. The third-order valence-corrected chi connectivity index (χ3v) is 5.15. The van der Waals surface area contributed by atoms with Gasteiger partial charge in [0.15, 0.2) is 11.0 Å². The highest BCUT2D eigenvalue weighted by atomic mass is 32.2. The van der Waals surface area contributed by atoms with Gasteiger partial charge in [0.2, 0.25) is 5.91 Å². The Morgan fingerprint density at radius 1 is 1.07 bits per heavy atom. The van der Waals surface area contributed by atoms with Crippen LogP contribution in [0.3, 0.4) is 0 Å². The van der Waals surface area contributed by atoms with Crippen molar-refractivity contribution in [3.8, 4) is 5.69 Å². The molecule has 27 heavy (non-hydrogen) atoms. The van der Waals surface area contributed by atoms with Gasteiger partial charge in [0.25, 0.3) is 0 Å². The summed E-state index contributed by atoms with van der Waals surface area (Å²) in [4.78, 5) is 12.0. The largest absolute Gasteiger partial charge is 0.349 e. The highest BCUT2D eigenvalue weighted by Gasteiger charge is 2.16. The number of thioether (sulfide) groups is 1. The van der Waals surface area contributed by atoms with Gasteiger partial charge in [-0.15, -0.1) is 10.2 Å². The zero-order valence-electron chi connectivity index (χ0n) is 15.8. The first-order chi connectivity index (χ1) is 13.0. The number of carbonyl (C=O) groups excluding carboxylic acids is 1. The molecule has 140 valence electrons. The van der Waals surface area contributed by atoms with Crippen LogP contribution < -0.4 is 5.32 Å². The molecule has 1 N–H and O–H groups in total. The van der Waals surface area contributed by atoms with E-state index in [0.717, 1.165) is 22.4 Å². The number of nitrogens with one attached hydrogen (secondary N) is 1. The van der Waals surface area contributed by atoms with Gasteiger partial charge in [0, 0.05) is 17.4 Å². The lowest BCUT2D eigenvalue weighted by Crippen LogP contribution is -2.28. The lowest BCUT2D eigenvalue weighted by atomic mass is 10.2. The number of hydrogen-bond acceptors (Lipinski definition) is 4. The molecule has 0 aliphatic carbocycles. The molecule has 1 aromatic heterocycles. The summed E-state index contributed by atoms with van der Waals surface area (Å²) in [7, 11) is 0. The van der Waals surface area contributed by atoms with Crippen LogP contribution in [-0.4, -0.2) is 20.7 Å². The molecule has 0 spiro atoms. The molecule has 0 unspecified atom stereocenters. The molecule has 0 saturated heterocycles. The van der Waals surface area contributed by atoms with Gasteiger partial charge < -0.3 is 5.32 Å². The molecule has 2 aromatic carbocycles. The van der Waals surface area contributed by atoms with E-state index in [1.165, 1.54) is 11.1 Å². The molecule has 0 fully saturated rings. The van der Waals surface area contributed by atoms with E-state index in [0.29, 0.717) is 6.54 Å². The van der Waals surface area contributed by atoms with Crippen molar-refractivity contribution in [1.29, 1.82) is 0 Å². The molecule has 0 aliphatic heterocycles. The maximum absolute atomic E-state index is 12.0. The Labute approximate surface area is 164 Å². The maximum Gasteiger partial charge on any atom is 0.222 e. The first-order valence-corrected chi connectivity index (χ1v) is 9.99. The number of aromatic nitrogens is 3. The monoisotopic (exact) mass is 380 g/mol. The summed E-state index contributed by atoms with van der Waals surface area (Å²) in [5.41, 5.74) is 3.42. The van der Waals surface area contributed by atoms with Crippen molar-refractivity contribution in [3.63, 3.8) is 0 Å². The van der Waals surface area contributed by atoms with Crippen LogP contribution in [0.1, 0.15) is 30.8 Å². The number of rotatable bonds is 7. The maximum atomic E-state index is 12.0. The SMILES string of the molecule is Cc1ccc(-n2c(CNC(=O)C(C)C)nnc2SCc2ccccc2)cc1. The topological polar surface area (TPSA) is 59.8 Å². The van der Waals surface area contributed by atoms with Crippen LogP contribution in [0.5, 0.6) is 0 Å². The second-order valence-electron chi connectivity index (χ2n) is 6.72. The standard InChI is InChI=1S/C21H24N4OS/c1-15(2)20(26)22-13-19-23-24-21(27-14-17-7-5-4-6-8-17)25(19)18-11-9-16(3)10-12-18/h4-12,15H,13-14H2,1-3H3,(H,22,26). The fourth-order valence-electron chi connectivity index (χ4n) is 2.55. The highest BCUT2D eigenvalue weighted by Crippen LogP contribution is 2.25. The van der Waals surface area contributed by atoms with E-state index in [1.807, 2.05) is 36.6 Å². The second-order valence-corrected chi connectivity index (χ2v) is 7.66. The fourth-order valence-corrected chi connectivity index (χ4v) is 3.48. The van der Waals surface area contributed by atoms with Crippen LogP contribution in [0.15, 0.2) is 59.8 Å². The number of carbonyl (C=O) groups is 1. The van der Waals surface area contributed by atoms with E-state index in [2.05, 4.69) is 58.8 Å². The predicted molar refractivity (Wildman–Crippen MR) is 109 cm³/mol. The average Bonchev–Trinajstić information content (AvgIpc) is 3.08. The molecule has 0 bridgehead atoms. The molecular weight excluding hydrogens is 356 g/mol. The Morgan fingerprint density at radius 2 is 1.78 bits per heavy atom. The predicted octanol–water partition coefficient (Wildman–Crippen LogP) is 4.14. The Bertz CT molecular complexity index is 888. The van der Waals surface area contributed by atoms with E-state index < -0.39 is 0 Å². The summed E-state index contributed by atoms with van der Waals surface area (Å²) in [6.07, 6.45) is 0. The van der Waals surface area contributed by atoms with Crippen molar-refractivity contribution in [2.24, 2.45) is 5.92 Å². The van der Waals surface area contributed by atoms with Gasteiger partial charge in [-0.05, 0) is 24.6 Å². The normalized spacial score (nSPS) is 11.0. The van der Waals surface area contributed by atoms with Gasteiger partial charge >= 0.3 is 0 Å². The van der Waals surface area contributed by atoms with E-state index in [1.54, 1.807) is 11.8 Å². The molecule has 1 heterocycles. The third kappa shape index (κ3) is 4.98. The van der Waals surface area contributed by atoms with Crippen LogP contribution in [0, 0.1) is 12.8 Å². The summed E-state index contributed by atoms with van der Waals surface area (Å²) in [5.74, 6) is 1.48. The van der Waals surface area contributed by atoms with Crippen LogP contribution >= 0.6 is 11.8 Å². The smallest absolute Gasteiger partial charge is 0.222 e. The summed E-state index contributed by atoms with van der Waals surface area (Å²) in [5, 5.41) is 12.5. The third-order valence-electron chi connectivity index (χ3n) is 4.15. The molecule has 0 saturated carbocycles. The number of nitrogens with zero attached hydrogens (tertiary/aromatic N) is 3. The first-order valence-electron chi connectivity index (χ1n) is 9.00. The van der Waals surface area contributed by atoms with Gasteiger partial charge in [-0.2, -0.15) is 0 Å². The summed E-state index contributed by atoms with van der Waals surface area (Å²) in [6, 6.07) is 18.5. The number of amides is 1. The minimum absolute atomic E-state index is 0.00643. The number of aryl methyl sites for hydroxylation is 1. The van der Waals surface area contributed by atoms with Crippen molar-refractivity contribution in [1.82, 2.24) is 20.1 Å². The number of benzene rings is 2. The van der Waals surface area contributed by atoms with Gasteiger partial charge in [0.05, 0.1) is 6.54 Å². The quantitative estimate of drug-likeness (QED) is 0.626. The molecule has 6 heteroatoms. The lowest BCUT2D eigenvalue weighted by molar-refractivity contribution is -0.124. The average molecular weight is 381 g/mol. The Hall–Kier alpha value is -2.60. The Morgan fingerprint density at radius 3 is 2.44 bits per heavy atom. The highest BCUT2D eigenvalue weighted by molar-refractivity contribution is 7.98. The van der Waals surface area contributed by atoms with Crippen molar-refractivity contribution in [3.05, 3.63) is 71.5 Å². The molecule has 3 rings (SSSR count). The molecule has 0 atom stereocenters. The van der Waals surface area contributed by atoms with Crippen molar-refractivity contribution >= 4 is 17.7 Å². The summed E-state index contributed by atoms with van der Waals surface area (Å²) in [6.45, 7) is 6.16. The fraction of sp³-hybridized carbons (Fsp3) is 0.286. The van der Waals surface area contributed by atoms with E-state index in [-0.39, 0.29) is 11.8 Å². The van der Waals surface area contributed by atoms with Crippen LogP contribution in [0.25, 0.3) is 5.69 Å². The Balaban J connectivity index is 1.85. The molecule has 1 amide bonds. The molecule has 5 nitrogen and oxygen atoms in total. The second kappa shape index (κ2) is 8.86. The molecule has 3 aromatic rings. The molecule has 0 aliphatic rings. The zero-order chi connectivity index (χ0) is 19.2. The lowest BCUT2D eigenvalue weighted by Gasteiger charge is -2.12. The minimum Gasteiger partial charge on any atom is -0.349 e. The van der Waals surface area contributed by atoms with Gasteiger partial charge in [-0.3, -0.25) is 9.36 Å². The van der Waals surface area contributed by atoms with Crippen LogP contribution in [-0.2, 0) is 17.1 Å². The first kappa shape index (κ1) is 19.2. The van der Waals surface area contributed by atoms with E-state index in [4.69, 9.17) is 0 Å². The van der Waals surface area contributed by atoms with Crippen molar-refractivity contribution in [2.45, 2.75) is 38.2 Å². The molecular formula is C21H24N4OS. The zero-order valence-corrected chi connectivity index (χ0v) is 16.7. The van der Waals surface area contributed by atoms with Crippen molar-refractivity contribution < 1.29 is 4.79 Å². The van der Waals surface area contributed by atoms with Crippen LogP contribution in [0.4, 0.5) is 0 Å². The van der Waals surface area contributed by atoms with E-state index >= 15 is 0 Å². The summed E-state index contributed by atoms with van der Waals surface area (Å²) < 4.78 is 2.02. The number of hydrogen-bond donors (Lipinski definition) is 1. The molecule has 0 radical (unpaired) electrons. The Kier molecular flexibility index (Phi) is 6.29. The van der Waals surface area contributed by atoms with Crippen LogP contribution in [0.2, 0.25) is 0 Å². The van der Waals surface area contributed by atoms with E-state index in [9.17, 15) is 4.79 Å². The van der Waals surface area contributed by atoms with Gasteiger partial charge in [0.1, 0.15) is 0 Å². The minimum atomic E-state index is -0.0623. The van der Waals surface area contributed by atoms with Gasteiger partial charge in [-0.25, -0.2) is 0 Å². The van der Waals surface area contributed by atoms with Gasteiger partial charge in [-0.1, -0.05) is 73.6 Å². The van der Waals surface area contributed by atoms with Crippen molar-refractivity contribution in [2.75, 3.05) is 0 Å².